The van der Waals surface area contributed by atoms with E-state index in [1.54, 1.807) is 0 Å². The highest BCUT2D eigenvalue weighted by molar-refractivity contribution is 6.32. The molecule has 0 heterocycles. The van der Waals surface area contributed by atoms with Crippen LogP contribution in [0.25, 0.3) is 0 Å². The van der Waals surface area contributed by atoms with Gasteiger partial charge in [0.1, 0.15) is 0 Å². The smallest absolute Gasteiger partial charge is 0.372 e. The van der Waals surface area contributed by atoms with Crippen LogP contribution in [0.5, 0.6) is 0 Å². The van der Waals surface area contributed by atoms with Crippen LogP contribution in [0.4, 0.5) is 0 Å². The fourth-order valence-electron chi connectivity index (χ4n) is 0.714. The van der Waals surface area contributed by atoms with Gasteiger partial charge in [-0.3, -0.25) is 4.79 Å². The molecule has 3 N–H and O–H groups in total. The summed E-state index contributed by atoms with van der Waals surface area (Å²) in [5.74, 6) is -2.04. The molecule has 0 saturated heterocycles. The molecular weight excluding hydrogens is 146 g/mol. The second kappa shape index (κ2) is 5.85. The maximum atomic E-state index is 10.5. The number of aliphatic carboxylic acids is 1. The van der Waals surface area contributed by atoms with Crippen molar-refractivity contribution >= 4 is 11.8 Å². The van der Waals surface area contributed by atoms with E-state index in [4.69, 9.17) is 10.8 Å². The van der Waals surface area contributed by atoms with Crippen LogP contribution in [0.2, 0.25) is 0 Å². The fraction of sp³-hybridized carbons (Fsp3) is 0.714. The largest absolute Gasteiger partial charge is 0.476 e. The van der Waals surface area contributed by atoms with Crippen LogP contribution in [0, 0.1) is 0 Å². The molecule has 64 valence electrons. The minimum Gasteiger partial charge on any atom is -0.476 e. The molecule has 0 radical (unpaired) electrons. The van der Waals surface area contributed by atoms with Gasteiger partial charge in [0.05, 0.1) is 0 Å². The van der Waals surface area contributed by atoms with E-state index in [2.05, 4.69) is 0 Å². The lowest BCUT2D eigenvalue weighted by atomic mass is 10.1. The van der Waals surface area contributed by atoms with Gasteiger partial charge in [-0.05, 0) is 19.4 Å². The number of hydrogen-bond donors (Lipinski definition) is 2. The lowest BCUT2D eigenvalue weighted by molar-refractivity contribution is -0.149. The van der Waals surface area contributed by atoms with Crippen LogP contribution < -0.4 is 5.73 Å². The molecule has 0 fully saturated rings. The molecule has 0 spiro atoms. The second-order valence-corrected chi connectivity index (χ2v) is 2.33. The van der Waals surface area contributed by atoms with Crippen molar-refractivity contribution in [1.82, 2.24) is 0 Å². The SMILES string of the molecule is NCCCCCC(=O)C(=O)O. The van der Waals surface area contributed by atoms with Crippen molar-refractivity contribution in [2.24, 2.45) is 5.73 Å². The number of hydrogen-bond acceptors (Lipinski definition) is 3. The van der Waals surface area contributed by atoms with Crippen molar-refractivity contribution in [1.29, 1.82) is 0 Å². The number of unbranched alkanes of at least 4 members (excludes halogenated alkanes) is 2. The molecule has 0 aromatic rings. The summed E-state index contributed by atoms with van der Waals surface area (Å²) in [6.45, 7) is 0.598. The molecule has 0 bridgehead atoms. The number of carboxylic acid groups (broad SMARTS) is 1. The molecule has 0 aromatic heterocycles. The van der Waals surface area contributed by atoms with E-state index < -0.39 is 11.8 Å². The highest BCUT2D eigenvalue weighted by Crippen LogP contribution is 1.98. The van der Waals surface area contributed by atoms with E-state index in [0.29, 0.717) is 13.0 Å². The molecule has 0 aromatic carbocycles. The molecule has 0 aliphatic heterocycles. The summed E-state index contributed by atoms with van der Waals surface area (Å²) >= 11 is 0. The predicted octanol–water partition coefficient (Wildman–Crippen LogP) is 0.159. The lowest BCUT2D eigenvalue weighted by Crippen LogP contribution is -2.11. The van der Waals surface area contributed by atoms with Crippen LogP contribution in [-0.4, -0.2) is 23.4 Å². The minimum atomic E-state index is -1.34. The third-order valence-corrected chi connectivity index (χ3v) is 1.35. The van der Waals surface area contributed by atoms with Gasteiger partial charge >= 0.3 is 5.97 Å². The zero-order chi connectivity index (χ0) is 8.69. The summed E-state index contributed by atoms with van der Waals surface area (Å²) in [6.07, 6.45) is 2.44. The first kappa shape index (κ1) is 10.1. The Hall–Kier alpha value is -0.900. The van der Waals surface area contributed by atoms with Gasteiger partial charge in [-0.2, -0.15) is 0 Å². The highest BCUT2D eigenvalue weighted by atomic mass is 16.4. The van der Waals surface area contributed by atoms with Crippen molar-refractivity contribution in [2.75, 3.05) is 6.54 Å². The number of rotatable bonds is 6. The van der Waals surface area contributed by atoms with Crippen LogP contribution in [0.1, 0.15) is 25.7 Å². The molecule has 0 atom stereocenters. The first-order valence-corrected chi connectivity index (χ1v) is 3.64. The number of ketones is 1. The Bertz CT molecular complexity index is 145. The fourth-order valence-corrected chi connectivity index (χ4v) is 0.714. The van der Waals surface area contributed by atoms with Crippen molar-refractivity contribution in [2.45, 2.75) is 25.7 Å². The Morgan fingerprint density at radius 2 is 1.82 bits per heavy atom. The van der Waals surface area contributed by atoms with E-state index in [1.807, 2.05) is 0 Å². The average Bonchev–Trinajstić information content (AvgIpc) is 1.97. The van der Waals surface area contributed by atoms with Gasteiger partial charge in [-0.25, -0.2) is 4.79 Å². The van der Waals surface area contributed by atoms with Crippen molar-refractivity contribution in [3.8, 4) is 0 Å². The van der Waals surface area contributed by atoms with Crippen molar-refractivity contribution in [3.05, 3.63) is 0 Å². The molecule has 0 aliphatic rings. The van der Waals surface area contributed by atoms with Crippen LogP contribution in [-0.2, 0) is 9.59 Å². The number of carboxylic acids is 1. The summed E-state index contributed by atoms with van der Waals surface area (Å²) in [6, 6.07) is 0. The van der Waals surface area contributed by atoms with Crippen molar-refractivity contribution < 1.29 is 14.7 Å². The standard InChI is InChI=1S/C7H13NO3/c8-5-3-1-2-4-6(9)7(10)11/h1-5,8H2,(H,10,11). The maximum Gasteiger partial charge on any atom is 0.372 e. The Balaban J connectivity index is 3.25. The maximum absolute atomic E-state index is 10.5. The molecule has 11 heavy (non-hydrogen) atoms. The highest BCUT2D eigenvalue weighted by Gasteiger charge is 2.09. The first-order valence-electron chi connectivity index (χ1n) is 3.64. The van der Waals surface area contributed by atoms with Gasteiger partial charge in [0.2, 0.25) is 5.78 Å². The van der Waals surface area contributed by atoms with Gasteiger partial charge in [-0.15, -0.1) is 0 Å². The molecule has 0 rings (SSSR count). The second-order valence-electron chi connectivity index (χ2n) is 2.33. The molecule has 0 unspecified atom stereocenters. The van der Waals surface area contributed by atoms with Gasteiger partial charge < -0.3 is 10.8 Å². The Morgan fingerprint density at radius 1 is 1.18 bits per heavy atom. The normalized spacial score (nSPS) is 9.55. The molecule has 0 amide bonds. The summed E-state index contributed by atoms with van der Waals surface area (Å²) in [7, 11) is 0. The predicted molar refractivity (Wildman–Crippen MR) is 40.2 cm³/mol. The monoisotopic (exact) mass is 159 g/mol. The number of carbonyl (C=O) groups excluding carboxylic acids is 1. The van der Waals surface area contributed by atoms with Gasteiger partial charge in [0.25, 0.3) is 0 Å². The quantitative estimate of drug-likeness (QED) is 0.427. The van der Waals surface area contributed by atoms with E-state index in [1.165, 1.54) is 0 Å². The van der Waals surface area contributed by atoms with Crippen LogP contribution in [0.3, 0.4) is 0 Å². The van der Waals surface area contributed by atoms with Crippen LogP contribution >= 0.6 is 0 Å². The van der Waals surface area contributed by atoms with Crippen LogP contribution in [0.15, 0.2) is 0 Å². The van der Waals surface area contributed by atoms with E-state index >= 15 is 0 Å². The van der Waals surface area contributed by atoms with Crippen molar-refractivity contribution in [3.63, 3.8) is 0 Å². The zero-order valence-electron chi connectivity index (χ0n) is 6.38. The molecule has 4 nitrogen and oxygen atoms in total. The topological polar surface area (TPSA) is 80.4 Å². The number of nitrogens with two attached hydrogens (primary N) is 1. The Kier molecular flexibility index (Phi) is 5.37. The summed E-state index contributed by atoms with van der Waals surface area (Å²) in [5, 5.41) is 8.16. The summed E-state index contributed by atoms with van der Waals surface area (Å²) in [5.41, 5.74) is 5.20. The minimum absolute atomic E-state index is 0.134. The van der Waals surface area contributed by atoms with E-state index in [9.17, 15) is 9.59 Å². The lowest BCUT2D eigenvalue weighted by Gasteiger charge is -1.94. The summed E-state index contributed by atoms with van der Waals surface area (Å²) < 4.78 is 0. The summed E-state index contributed by atoms with van der Waals surface area (Å²) in [4.78, 5) is 20.5. The van der Waals surface area contributed by atoms with Gasteiger partial charge in [-0.1, -0.05) is 6.42 Å². The third kappa shape index (κ3) is 5.54. The molecule has 4 heteroatoms. The molecule has 0 aliphatic carbocycles. The van der Waals surface area contributed by atoms with Gasteiger partial charge in [0.15, 0.2) is 0 Å². The first-order chi connectivity index (χ1) is 5.18. The Morgan fingerprint density at radius 3 is 2.27 bits per heavy atom. The van der Waals surface area contributed by atoms with E-state index in [-0.39, 0.29) is 6.42 Å². The van der Waals surface area contributed by atoms with Gasteiger partial charge in [0, 0.05) is 6.42 Å². The van der Waals surface area contributed by atoms with E-state index in [0.717, 1.165) is 12.8 Å². The average molecular weight is 159 g/mol. The number of Topliss-reactive ketones (excluding diaryl/α,β-unsaturated/α-hetero) is 1. The Labute approximate surface area is 65.4 Å². The third-order valence-electron chi connectivity index (χ3n) is 1.35. The number of carbonyl (C=O) groups is 2. The molecule has 0 saturated carbocycles. The zero-order valence-corrected chi connectivity index (χ0v) is 6.38. The molecular formula is C7H13NO3.